The number of benzene rings is 2. The van der Waals surface area contributed by atoms with Crippen molar-refractivity contribution in [1.29, 1.82) is 0 Å². The summed E-state index contributed by atoms with van der Waals surface area (Å²) >= 11 is 7.10. The van der Waals surface area contributed by atoms with Crippen LogP contribution in [0.4, 0.5) is 0 Å². The van der Waals surface area contributed by atoms with Gasteiger partial charge in [-0.15, -0.1) is 0 Å². The highest BCUT2D eigenvalue weighted by molar-refractivity contribution is 9.10. The van der Waals surface area contributed by atoms with Crippen LogP contribution in [0.2, 0.25) is 0 Å². The Bertz CT molecular complexity index is 508. The SMILES string of the molecule is CCNC(c1ccc(Br)cc1)c1ccccc1Br. The molecule has 94 valence electrons. The summed E-state index contributed by atoms with van der Waals surface area (Å²) in [6, 6.07) is 17.0. The Balaban J connectivity index is 2.40. The van der Waals surface area contributed by atoms with Crippen molar-refractivity contribution >= 4 is 31.9 Å². The standard InChI is InChI=1S/C15H15Br2N/c1-2-18-15(11-7-9-12(16)10-8-11)13-5-3-4-6-14(13)17/h3-10,15,18H,2H2,1H3. The van der Waals surface area contributed by atoms with Crippen LogP contribution in [0.5, 0.6) is 0 Å². The van der Waals surface area contributed by atoms with Gasteiger partial charge >= 0.3 is 0 Å². The van der Waals surface area contributed by atoms with Gasteiger partial charge in [0.05, 0.1) is 6.04 Å². The molecule has 1 unspecified atom stereocenters. The Hall–Kier alpha value is -0.640. The summed E-state index contributed by atoms with van der Waals surface area (Å²) in [6.07, 6.45) is 0. The van der Waals surface area contributed by atoms with E-state index in [0.717, 1.165) is 15.5 Å². The molecule has 18 heavy (non-hydrogen) atoms. The highest BCUT2D eigenvalue weighted by Crippen LogP contribution is 2.29. The van der Waals surface area contributed by atoms with E-state index in [0.29, 0.717) is 0 Å². The van der Waals surface area contributed by atoms with E-state index in [1.165, 1.54) is 11.1 Å². The molecule has 2 rings (SSSR count). The first-order chi connectivity index (χ1) is 8.72. The van der Waals surface area contributed by atoms with Crippen molar-refractivity contribution in [1.82, 2.24) is 5.32 Å². The van der Waals surface area contributed by atoms with Crippen LogP contribution in [0.3, 0.4) is 0 Å². The van der Waals surface area contributed by atoms with Crippen LogP contribution in [0.1, 0.15) is 24.1 Å². The molecular weight excluding hydrogens is 354 g/mol. The number of hydrogen-bond acceptors (Lipinski definition) is 1. The van der Waals surface area contributed by atoms with Crippen LogP contribution in [0, 0.1) is 0 Å². The van der Waals surface area contributed by atoms with E-state index < -0.39 is 0 Å². The van der Waals surface area contributed by atoms with Gasteiger partial charge in [-0.05, 0) is 35.9 Å². The molecule has 0 saturated carbocycles. The Morgan fingerprint density at radius 1 is 1.00 bits per heavy atom. The van der Waals surface area contributed by atoms with Gasteiger partial charge in [0, 0.05) is 8.95 Å². The highest BCUT2D eigenvalue weighted by Gasteiger charge is 2.14. The van der Waals surface area contributed by atoms with Gasteiger partial charge in [-0.2, -0.15) is 0 Å². The van der Waals surface area contributed by atoms with Gasteiger partial charge in [-0.1, -0.05) is 69.1 Å². The normalized spacial score (nSPS) is 12.4. The van der Waals surface area contributed by atoms with Gasteiger partial charge in [0.2, 0.25) is 0 Å². The summed E-state index contributed by atoms with van der Waals surface area (Å²) in [7, 11) is 0. The molecule has 1 N–H and O–H groups in total. The summed E-state index contributed by atoms with van der Waals surface area (Å²) in [5.41, 5.74) is 2.54. The molecule has 0 aliphatic rings. The second kappa shape index (κ2) is 6.50. The van der Waals surface area contributed by atoms with Crippen LogP contribution in [0.15, 0.2) is 57.5 Å². The third-order valence-corrected chi connectivity index (χ3v) is 4.08. The Morgan fingerprint density at radius 2 is 1.67 bits per heavy atom. The number of hydrogen-bond donors (Lipinski definition) is 1. The fraction of sp³-hybridized carbons (Fsp3) is 0.200. The van der Waals surface area contributed by atoms with E-state index in [4.69, 9.17) is 0 Å². The van der Waals surface area contributed by atoms with E-state index in [1.807, 2.05) is 6.07 Å². The van der Waals surface area contributed by atoms with Gasteiger partial charge < -0.3 is 5.32 Å². The topological polar surface area (TPSA) is 12.0 Å². The molecule has 0 heterocycles. The third kappa shape index (κ3) is 3.22. The van der Waals surface area contributed by atoms with Gasteiger partial charge in [-0.3, -0.25) is 0 Å². The van der Waals surface area contributed by atoms with E-state index >= 15 is 0 Å². The van der Waals surface area contributed by atoms with Crippen molar-refractivity contribution in [3.63, 3.8) is 0 Å². The Morgan fingerprint density at radius 3 is 2.28 bits per heavy atom. The fourth-order valence-corrected chi connectivity index (χ4v) is 2.75. The molecule has 0 aromatic heterocycles. The van der Waals surface area contributed by atoms with Crippen LogP contribution in [-0.2, 0) is 0 Å². The Labute approximate surface area is 125 Å². The smallest absolute Gasteiger partial charge is 0.0587 e. The van der Waals surface area contributed by atoms with Gasteiger partial charge in [0.25, 0.3) is 0 Å². The lowest BCUT2D eigenvalue weighted by Gasteiger charge is -2.20. The molecule has 0 fully saturated rings. The van der Waals surface area contributed by atoms with Crippen LogP contribution >= 0.6 is 31.9 Å². The predicted molar refractivity (Wildman–Crippen MR) is 83.8 cm³/mol. The fourth-order valence-electron chi connectivity index (χ4n) is 1.98. The van der Waals surface area contributed by atoms with E-state index in [1.54, 1.807) is 0 Å². The Kier molecular flexibility index (Phi) is 4.98. The zero-order chi connectivity index (χ0) is 13.0. The second-order valence-corrected chi connectivity index (χ2v) is 5.83. The van der Waals surface area contributed by atoms with Crippen molar-refractivity contribution in [3.05, 3.63) is 68.6 Å². The van der Waals surface area contributed by atoms with Crippen LogP contribution < -0.4 is 5.32 Å². The zero-order valence-corrected chi connectivity index (χ0v) is 13.3. The van der Waals surface area contributed by atoms with Crippen LogP contribution in [-0.4, -0.2) is 6.54 Å². The molecule has 2 aromatic carbocycles. The highest BCUT2D eigenvalue weighted by atomic mass is 79.9. The first-order valence-corrected chi connectivity index (χ1v) is 7.54. The van der Waals surface area contributed by atoms with E-state index in [2.05, 4.69) is 86.6 Å². The number of halogens is 2. The molecule has 0 spiro atoms. The minimum atomic E-state index is 0.221. The predicted octanol–water partition coefficient (Wildman–Crippen LogP) is 4.91. The summed E-state index contributed by atoms with van der Waals surface area (Å²) < 4.78 is 2.24. The monoisotopic (exact) mass is 367 g/mol. The first-order valence-electron chi connectivity index (χ1n) is 5.95. The van der Waals surface area contributed by atoms with E-state index in [-0.39, 0.29) is 6.04 Å². The average molecular weight is 369 g/mol. The molecule has 1 atom stereocenters. The largest absolute Gasteiger partial charge is 0.306 e. The molecule has 0 bridgehead atoms. The van der Waals surface area contributed by atoms with Gasteiger partial charge in [-0.25, -0.2) is 0 Å². The molecule has 0 radical (unpaired) electrons. The molecule has 0 aliphatic carbocycles. The lowest BCUT2D eigenvalue weighted by molar-refractivity contribution is 0.628. The summed E-state index contributed by atoms with van der Waals surface area (Å²) in [5, 5.41) is 3.53. The summed E-state index contributed by atoms with van der Waals surface area (Å²) in [4.78, 5) is 0. The molecule has 1 nitrogen and oxygen atoms in total. The third-order valence-electron chi connectivity index (χ3n) is 2.83. The number of nitrogens with one attached hydrogen (secondary N) is 1. The maximum Gasteiger partial charge on any atom is 0.0587 e. The first kappa shape index (κ1) is 13.8. The van der Waals surface area contributed by atoms with Crippen molar-refractivity contribution < 1.29 is 0 Å². The minimum absolute atomic E-state index is 0.221. The lowest BCUT2D eigenvalue weighted by atomic mass is 9.99. The van der Waals surface area contributed by atoms with Gasteiger partial charge in [0.15, 0.2) is 0 Å². The van der Waals surface area contributed by atoms with Crippen molar-refractivity contribution in [2.24, 2.45) is 0 Å². The molecular formula is C15H15Br2N. The lowest BCUT2D eigenvalue weighted by Crippen LogP contribution is -2.22. The molecule has 2 aromatic rings. The minimum Gasteiger partial charge on any atom is -0.306 e. The quantitative estimate of drug-likeness (QED) is 0.808. The van der Waals surface area contributed by atoms with Crippen molar-refractivity contribution in [2.45, 2.75) is 13.0 Å². The van der Waals surface area contributed by atoms with Crippen molar-refractivity contribution in [3.8, 4) is 0 Å². The summed E-state index contributed by atoms with van der Waals surface area (Å²) in [6.45, 7) is 3.06. The molecule has 3 heteroatoms. The maximum atomic E-state index is 3.63. The average Bonchev–Trinajstić information content (AvgIpc) is 2.38. The molecule has 0 aliphatic heterocycles. The molecule has 0 saturated heterocycles. The molecule has 0 amide bonds. The van der Waals surface area contributed by atoms with Crippen LogP contribution in [0.25, 0.3) is 0 Å². The van der Waals surface area contributed by atoms with E-state index in [9.17, 15) is 0 Å². The van der Waals surface area contributed by atoms with Gasteiger partial charge in [0.1, 0.15) is 0 Å². The zero-order valence-electron chi connectivity index (χ0n) is 10.2. The van der Waals surface area contributed by atoms with Crippen molar-refractivity contribution in [2.75, 3.05) is 6.54 Å². The number of rotatable bonds is 4. The summed E-state index contributed by atoms with van der Waals surface area (Å²) in [5.74, 6) is 0. The second-order valence-electron chi connectivity index (χ2n) is 4.06. The maximum absolute atomic E-state index is 3.63.